The third-order valence-electron chi connectivity index (χ3n) is 2.33. The van der Waals surface area contributed by atoms with Gasteiger partial charge in [-0.2, -0.15) is 0 Å². The number of aliphatic imine (C=N–C) groups is 1. The molecule has 0 radical (unpaired) electrons. The van der Waals surface area contributed by atoms with Gasteiger partial charge in [0, 0.05) is 10.6 Å². The monoisotopic (exact) mass is 242 g/mol. The number of para-hydroxylation sites is 1. The third kappa shape index (κ3) is 3.17. The highest BCUT2D eigenvalue weighted by Gasteiger charge is 1.97. The molecule has 17 heavy (non-hydrogen) atoms. The summed E-state index contributed by atoms with van der Waals surface area (Å²) in [5, 5.41) is 0. The lowest BCUT2D eigenvalue weighted by atomic mass is 10.3. The number of aryl methyl sites for hydroxylation is 1. The molecule has 0 aliphatic heterocycles. The van der Waals surface area contributed by atoms with Gasteiger partial charge >= 0.3 is 0 Å². The first kappa shape index (κ1) is 11.9. The maximum absolute atomic E-state index is 4.48. The van der Waals surface area contributed by atoms with E-state index in [0.29, 0.717) is 0 Å². The summed E-state index contributed by atoms with van der Waals surface area (Å²) in [5.74, 6) is 0. The fourth-order valence-corrected chi connectivity index (χ4v) is 2.05. The van der Waals surface area contributed by atoms with Crippen molar-refractivity contribution in [3.63, 3.8) is 0 Å². The van der Waals surface area contributed by atoms with Crippen LogP contribution in [0.15, 0.2) is 52.4 Å². The van der Waals surface area contributed by atoms with Crippen LogP contribution in [0.1, 0.15) is 11.4 Å². The fraction of sp³-hybridized carbons (Fsp3) is 0.143. The zero-order chi connectivity index (χ0) is 12.1. The largest absolute Gasteiger partial charge is 0.253 e. The smallest absolute Gasteiger partial charge is 0.0815 e. The molecule has 0 bridgehead atoms. The summed E-state index contributed by atoms with van der Waals surface area (Å²) in [7, 11) is 0. The summed E-state index contributed by atoms with van der Waals surface area (Å²) in [6.07, 6.45) is 3.86. The average molecular weight is 242 g/mol. The Kier molecular flexibility index (Phi) is 3.94. The van der Waals surface area contributed by atoms with Crippen molar-refractivity contribution in [2.75, 3.05) is 6.26 Å². The maximum atomic E-state index is 4.48. The highest BCUT2D eigenvalue weighted by Crippen LogP contribution is 2.26. The van der Waals surface area contributed by atoms with Crippen LogP contribution in [0, 0.1) is 6.92 Å². The van der Waals surface area contributed by atoms with Gasteiger partial charge < -0.3 is 0 Å². The van der Waals surface area contributed by atoms with Crippen molar-refractivity contribution >= 4 is 23.7 Å². The van der Waals surface area contributed by atoms with Crippen LogP contribution in [0.2, 0.25) is 0 Å². The van der Waals surface area contributed by atoms with Gasteiger partial charge in [0.15, 0.2) is 0 Å². The molecule has 1 aromatic heterocycles. The quantitative estimate of drug-likeness (QED) is 0.603. The van der Waals surface area contributed by atoms with Gasteiger partial charge in [0.25, 0.3) is 0 Å². The minimum atomic E-state index is 0.890. The zero-order valence-corrected chi connectivity index (χ0v) is 10.7. The van der Waals surface area contributed by atoms with Gasteiger partial charge in [0.2, 0.25) is 0 Å². The highest BCUT2D eigenvalue weighted by molar-refractivity contribution is 7.98. The molecule has 0 atom stereocenters. The lowest BCUT2D eigenvalue weighted by molar-refractivity contribution is 1.18. The molecule has 1 heterocycles. The molecule has 0 aliphatic rings. The van der Waals surface area contributed by atoms with Crippen molar-refractivity contribution < 1.29 is 0 Å². The van der Waals surface area contributed by atoms with Crippen LogP contribution in [0.3, 0.4) is 0 Å². The summed E-state index contributed by atoms with van der Waals surface area (Å²) in [6, 6.07) is 14.0. The average Bonchev–Trinajstić information content (AvgIpc) is 2.37. The molecule has 3 heteroatoms. The van der Waals surface area contributed by atoms with Gasteiger partial charge in [0.1, 0.15) is 0 Å². The summed E-state index contributed by atoms with van der Waals surface area (Å²) in [6.45, 7) is 1.98. The van der Waals surface area contributed by atoms with Crippen LogP contribution < -0.4 is 0 Å². The number of rotatable bonds is 3. The van der Waals surface area contributed by atoms with Crippen molar-refractivity contribution in [1.29, 1.82) is 0 Å². The van der Waals surface area contributed by atoms with Gasteiger partial charge in [-0.3, -0.25) is 9.98 Å². The van der Waals surface area contributed by atoms with E-state index in [4.69, 9.17) is 0 Å². The number of thioether (sulfide) groups is 1. The predicted octanol–water partition coefficient (Wildman–Crippen LogP) is 3.86. The van der Waals surface area contributed by atoms with E-state index in [1.807, 2.05) is 49.5 Å². The van der Waals surface area contributed by atoms with Gasteiger partial charge in [-0.15, -0.1) is 11.8 Å². The Balaban J connectivity index is 2.26. The molecular formula is C14H14N2S. The highest BCUT2D eigenvalue weighted by atomic mass is 32.2. The Morgan fingerprint density at radius 1 is 1.12 bits per heavy atom. The van der Waals surface area contributed by atoms with Crippen molar-refractivity contribution in [3.05, 3.63) is 53.9 Å². The van der Waals surface area contributed by atoms with Crippen LogP contribution in [-0.4, -0.2) is 17.5 Å². The molecule has 0 unspecified atom stereocenters. The van der Waals surface area contributed by atoms with E-state index in [-0.39, 0.29) is 0 Å². The second-order valence-corrected chi connectivity index (χ2v) is 4.48. The number of pyridine rings is 1. The van der Waals surface area contributed by atoms with E-state index in [9.17, 15) is 0 Å². The Bertz CT molecular complexity index is 535. The topological polar surface area (TPSA) is 25.2 Å². The molecule has 0 amide bonds. The predicted molar refractivity (Wildman–Crippen MR) is 74.5 cm³/mol. The van der Waals surface area contributed by atoms with Crippen molar-refractivity contribution in [3.8, 4) is 0 Å². The molecule has 1 aromatic carbocycles. The zero-order valence-electron chi connectivity index (χ0n) is 9.92. The number of nitrogens with zero attached hydrogens (tertiary/aromatic N) is 2. The standard InChI is InChI=1S/C14H14N2S/c1-11-6-5-7-12(16-11)10-15-13-8-3-4-9-14(13)17-2/h3-10H,1-2H3/b15-10+. The van der Waals surface area contributed by atoms with E-state index in [1.165, 1.54) is 4.90 Å². The van der Waals surface area contributed by atoms with Crippen LogP contribution in [0.5, 0.6) is 0 Å². The SMILES string of the molecule is CSc1ccccc1/N=C/c1cccc(C)n1. The van der Waals surface area contributed by atoms with Crippen LogP contribution in [0.25, 0.3) is 0 Å². The maximum Gasteiger partial charge on any atom is 0.0815 e. The Morgan fingerprint density at radius 2 is 1.94 bits per heavy atom. The molecule has 0 saturated heterocycles. The molecule has 0 saturated carbocycles. The number of hydrogen-bond acceptors (Lipinski definition) is 3. The van der Waals surface area contributed by atoms with E-state index < -0.39 is 0 Å². The van der Waals surface area contributed by atoms with Gasteiger partial charge in [0.05, 0.1) is 17.6 Å². The van der Waals surface area contributed by atoms with Gasteiger partial charge in [-0.25, -0.2) is 0 Å². The first-order chi connectivity index (χ1) is 8.29. The fourth-order valence-electron chi connectivity index (χ4n) is 1.51. The molecule has 86 valence electrons. The second-order valence-electron chi connectivity index (χ2n) is 3.63. The van der Waals surface area contributed by atoms with Gasteiger partial charge in [-0.1, -0.05) is 18.2 Å². The van der Waals surface area contributed by atoms with Crippen molar-refractivity contribution in [2.24, 2.45) is 4.99 Å². The molecule has 2 nitrogen and oxygen atoms in total. The summed E-state index contributed by atoms with van der Waals surface area (Å²) >= 11 is 1.70. The molecule has 2 aromatic rings. The minimum absolute atomic E-state index is 0.890. The lowest BCUT2D eigenvalue weighted by Gasteiger charge is -2.00. The number of benzene rings is 1. The van der Waals surface area contributed by atoms with E-state index >= 15 is 0 Å². The molecule has 0 aliphatic carbocycles. The van der Waals surface area contributed by atoms with E-state index in [2.05, 4.69) is 22.3 Å². The molecular weight excluding hydrogens is 228 g/mol. The van der Waals surface area contributed by atoms with Crippen LogP contribution in [-0.2, 0) is 0 Å². The van der Waals surface area contributed by atoms with E-state index in [0.717, 1.165) is 17.1 Å². The summed E-state index contributed by atoms with van der Waals surface area (Å²) in [5.41, 5.74) is 2.89. The van der Waals surface area contributed by atoms with E-state index in [1.54, 1.807) is 11.8 Å². The minimum Gasteiger partial charge on any atom is -0.253 e. The lowest BCUT2D eigenvalue weighted by Crippen LogP contribution is -1.88. The Hall–Kier alpha value is -1.61. The van der Waals surface area contributed by atoms with Crippen molar-refractivity contribution in [2.45, 2.75) is 11.8 Å². The molecule has 2 rings (SSSR count). The summed E-state index contributed by atoms with van der Waals surface area (Å²) in [4.78, 5) is 10.0. The second kappa shape index (κ2) is 5.64. The molecule has 0 spiro atoms. The van der Waals surface area contributed by atoms with Gasteiger partial charge in [-0.05, 0) is 37.4 Å². The summed E-state index contributed by atoms with van der Waals surface area (Å²) < 4.78 is 0. The first-order valence-electron chi connectivity index (χ1n) is 5.40. The first-order valence-corrected chi connectivity index (χ1v) is 6.63. The Morgan fingerprint density at radius 3 is 2.71 bits per heavy atom. The van der Waals surface area contributed by atoms with Crippen LogP contribution >= 0.6 is 11.8 Å². The Labute approximate surface area is 106 Å². The number of hydrogen-bond donors (Lipinski definition) is 0. The van der Waals surface area contributed by atoms with Crippen molar-refractivity contribution in [1.82, 2.24) is 4.98 Å². The van der Waals surface area contributed by atoms with Crippen LogP contribution in [0.4, 0.5) is 5.69 Å². The third-order valence-corrected chi connectivity index (χ3v) is 3.12. The molecule has 0 N–H and O–H groups in total. The normalized spacial score (nSPS) is 10.9. The number of aromatic nitrogens is 1. The molecule has 0 fully saturated rings.